The van der Waals surface area contributed by atoms with Crippen molar-refractivity contribution in [2.24, 2.45) is 5.92 Å². The van der Waals surface area contributed by atoms with E-state index in [1.165, 1.54) is 6.07 Å². The molecule has 0 amide bonds. The normalized spacial score (nSPS) is 18.0. The standard InChI is InChI=1S/C41H40F2N4O5/c1-24-31(27-11-12-28(29(16-27)19-44)21-46-15-13-26(20-46)23-48)6-3-7-32(24)33-8-4-9-34(25(33)2)39-45-35-17-30(22-47-14-5-10-36(47)40(49)50)37(52-41(42)43)18-38(35)51-39/h3-4,6-9,11-12,16-18,26,36,41,48H,5,10,13-15,20-23H2,1-2H3,(H,49,50)/t26-,36-/m0/s1. The van der Waals surface area contributed by atoms with Crippen molar-refractivity contribution in [2.75, 3.05) is 26.2 Å². The Balaban J connectivity index is 1.20. The number of fused-ring (bicyclic) bond motifs is 1. The Bertz CT molecular complexity index is 2180. The van der Waals surface area contributed by atoms with Crippen molar-refractivity contribution in [3.8, 4) is 45.5 Å². The molecular weight excluding hydrogens is 666 g/mol. The van der Waals surface area contributed by atoms with E-state index < -0.39 is 18.6 Å². The number of hydrogen-bond donors (Lipinski definition) is 2. The van der Waals surface area contributed by atoms with Crippen molar-refractivity contribution in [1.29, 1.82) is 5.26 Å². The molecule has 2 saturated heterocycles. The number of nitriles is 1. The molecule has 268 valence electrons. The molecule has 0 unspecified atom stereocenters. The van der Waals surface area contributed by atoms with E-state index in [-0.39, 0.29) is 30.4 Å². The third-order valence-electron chi connectivity index (χ3n) is 10.6. The lowest BCUT2D eigenvalue weighted by molar-refractivity contribution is -0.142. The quantitative estimate of drug-likeness (QED) is 0.142. The zero-order chi connectivity index (χ0) is 36.5. The topological polar surface area (TPSA) is 123 Å². The summed E-state index contributed by atoms with van der Waals surface area (Å²) < 4.78 is 38.0. The van der Waals surface area contributed by atoms with Gasteiger partial charge in [0.2, 0.25) is 5.89 Å². The van der Waals surface area contributed by atoms with E-state index in [4.69, 9.17) is 14.1 Å². The van der Waals surface area contributed by atoms with Crippen molar-refractivity contribution in [3.05, 3.63) is 94.5 Å². The predicted molar refractivity (Wildman–Crippen MR) is 193 cm³/mol. The van der Waals surface area contributed by atoms with Gasteiger partial charge in [-0.25, -0.2) is 4.98 Å². The molecule has 2 atom stereocenters. The Morgan fingerprint density at radius 3 is 2.40 bits per heavy atom. The van der Waals surface area contributed by atoms with Crippen molar-refractivity contribution in [1.82, 2.24) is 14.8 Å². The Kier molecular flexibility index (Phi) is 10.1. The van der Waals surface area contributed by atoms with Crippen LogP contribution < -0.4 is 4.74 Å². The number of benzene rings is 4. The van der Waals surface area contributed by atoms with Gasteiger partial charge in [-0.15, -0.1) is 0 Å². The lowest BCUT2D eigenvalue weighted by atomic mass is 9.88. The average molecular weight is 707 g/mol. The number of carboxylic acids is 1. The summed E-state index contributed by atoms with van der Waals surface area (Å²) >= 11 is 0. The SMILES string of the molecule is Cc1c(-c2ccc(CN3CC[C@H](CO)C3)c(C#N)c2)cccc1-c1cccc(-c2nc3cc(CN4CCC[C@H]4C(=O)O)c(OC(F)F)cc3o2)c1C. The molecule has 3 heterocycles. The van der Waals surface area contributed by atoms with Gasteiger partial charge in [0.15, 0.2) is 5.58 Å². The summed E-state index contributed by atoms with van der Waals surface area (Å²) in [5.41, 5.74) is 9.40. The van der Waals surface area contributed by atoms with E-state index in [0.717, 1.165) is 64.0 Å². The highest BCUT2D eigenvalue weighted by atomic mass is 19.3. The number of aromatic nitrogens is 1. The van der Waals surface area contributed by atoms with Crippen LogP contribution in [0.5, 0.6) is 5.75 Å². The first-order valence-electron chi connectivity index (χ1n) is 17.5. The Hall–Kier alpha value is -5.15. The van der Waals surface area contributed by atoms with Crippen LogP contribution in [-0.2, 0) is 17.9 Å². The smallest absolute Gasteiger partial charge is 0.387 e. The largest absolute Gasteiger partial charge is 0.480 e. The minimum atomic E-state index is -3.06. The van der Waals surface area contributed by atoms with Crippen molar-refractivity contribution < 1.29 is 32.9 Å². The molecule has 7 rings (SSSR count). The van der Waals surface area contributed by atoms with Crippen LogP contribution in [0.4, 0.5) is 8.78 Å². The molecule has 2 aliphatic heterocycles. The van der Waals surface area contributed by atoms with Gasteiger partial charge in [-0.05, 0) is 109 Å². The summed E-state index contributed by atoms with van der Waals surface area (Å²) in [6.07, 6.45) is 2.16. The Morgan fingerprint density at radius 2 is 1.71 bits per heavy atom. The number of likely N-dealkylation sites (tertiary alicyclic amines) is 2. The van der Waals surface area contributed by atoms with E-state index in [1.807, 2.05) is 43.3 Å². The van der Waals surface area contributed by atoms with Gasteiger partial charge in [0, 0.05) is 43.4 Å². The van der Waals surface area contributed by atoms with Gasteiger partial charge in [-0.2, -0.15) is 14.0 Å². The summed E-state index contributed by atoms with van der Waals surface area (Å²) in [5.74, 6) is -0.401. The van der Waals surface area contributed by atoms with E-state index in [2.05, 4.69) is 36.1 Å². The molecule has 52 heavy (non-hydrogen) atoms. The summed E-state index contributed by atoms with van der Waals surface area (Å²) in [4.78, 5) is 20.6. The van der Waals surface area contributed by atoms with Crippen LogP contribution in [-0.4, -0.2) is 69.9 Å². The molecule has 2 N–H and O–H groups in total. The molecule has 2 fully saturated rings. The van der Waals surface area contributed by atoms with Crippen LogP contribution in [0.25, 0.3) is 44.8 Å². The van der Waals surface area contributed by atoms with Gasteiger partial charge in [-0.3, -0.25) is 14.6 Å². The Morgan fingerprint density at radius 1 is 0.981 bits per heavy atom. The number of halogens is 2. The van der Waals surface area contributed by atoms with Gasteiger partial charge < -0.3 is 19.4 Å². The second-order valence-corrected chi connectivity index (χ2v) is 13.8. The van der Waals surface area contributed by atoms with Crippen LogP contribution in [0.3, 0.4) is 0 Å². The molecule has 9 nitrogen and oxygen atoms in total. The molecule has 11 heteroatoms. The summed E-state index contributed by atoms with van der Waals surface area (Å²) in [5, 5.41) is 29.3. The zero-order valence-electron chi connectivity index (χ0n) is 29.1. The lowest BCUT2D eigenvalue weighted by Crippen LogP contribution is -2.35. The van der Waals surface area contributed by atoms with E-state index in [0.29, 0.717) is 48.5 Å². The molecule has 0 radical (unpaired) electrons. The molecule has 0 saturated carbocycles. The van der Waals surface area contributed by atoms with Gasteiger partial charge >= 0.3 is 12.6 Å². The average Bonchev–Trinajstić information content (AvgIpc) is 3.89. The van der Waals surface area contributed by atoms with Crippen molar-refractivity contribution in [3.63, 3.8) is 0 Å². The minimum absolute atomic E-state index is 0.0712. The van der Waals surface area contributed by atoms with Crippen LogP contribution >= 0.6 is 0 Å². The number of carboxylic acid groups (broad SMARTS) is 1. The fraction of sp³-hybridized carbons (Fsp3) is 0.341. The highest BCUT2D eigenvalue weighted by molar-refractivity contribution is 5.85. The second kappa shape index (κ2) is 14.8. The third-order valence-corrected chi connectivity index (χ3v) is 10.6. The molecule has 2 aliphatic rings. The van der Waals surface area contributed by atoms with Crippen LogP contribution in [0.1, 0.15) is 47.1 Å². The van der Waals surface area contributed by atoms with Crippen LogP contribution in [0.15, 0.2) is 71.1 Å². The number of aliphatic hydroxyl groups excluding tert-OH is 1. The number of ether oxygens (including phenoxy) is 1. The highest BCUT2D eigenvalue weighted by Gasteiger charge is 2.31. The molecule has 0 spiro atoms. The summed E-state index contributed by atoms with van der Waals surface area (Å²) in [6.45, 7) is 4.25. The lowest BCUT2D eigenvalue weighted by Gasteiger charge is -2.22. The minimum Gasteiger partial charge on any atom is -0.480 e. The number of alkyl halides is 2. The van der Waals surface area contributed by atoms with E-state index in [1.54, 1.807) is 11.0 Å². The maximum absolute atomic E-state index is 13.5. The monoisotopic (exact) mass is 706 g/mol. The second-order valence-electron chi connectivity index (χ2n) is 13.8. The number of carbonyl (C=O) groups is 1. The predicted octanol–water partition coefficient (Wildman–Crippen LogP) is 7.78. The van der Waals surface area contributed by atoms with Gasteiger partial charge in [0.1, 0.15) is 17.3 Å². The number of hydrogen-bond acceptors (Lipinski definition) is 8. The third kappa shape index (κ3) is 7.02. The molecule has 5 aromatic rings. The molecule has 0 aliphatic carbocycles. The molecule has 4 aromatic carbocycles. The summed E-state index contributed by atoms with van der Waals surface area (Å²) in [6, 6.07) is 22.8. The van der Waals surface area contributed by atoms with Crippen LogP contribution in [0.2, 0.25) is 0 Å². The summed E-state index contributed by atoms with van der Waals surface area (Å²) in [7, 11) is 0. The van der Waals surface area contributed by atoms with Gasteiger partial charge in [0.25, 0.3) is 0 Å². The highest BCUT2D eigenvalue weighted by Crippen LogP contribution is 2.39. The first kappa shape index (κ1) is 35.3. The fourth-order valence-electron chi connectivity index (χ4n) is 7.79. The molecule has 0 bridgehead atoms. The maximum atomic E-state index is 13.5. The maximum Gasteiger partial charge on any atom is 0.387 e. The van der Waals surface area contributed by atoms with Crippen molar-refractivity contribution >= 4 is 17.1 Å². The first-order chi connectivity index (χ1) is 25.1. The zero-order valence-corrected chi connectivity index (χ0v) is 29.1. The fourth-order valence-corrected chi connectivity index (χ4v) is 7.79. The van der Waals surface area contributed by atoms with Gasteiger partial charge in [0.05, 0.1) is 11.6 Å². The van der Waals surface area contributed by atoms with Gasteiger partial charge in [-0.1, -0.05) is 42.5 Å². The van der Waals surface area contributed by atoms with E-state index in [9.17, 15) is 29.1 Å². The number of rotatable bonds is 11. The number of nitrogens with zero attached hydrogens (tertiary/aromatic N) is 4. The van der Waals surface area contributed by atoms with Crippen molar-refractivity contribution in [2.45, 2.75) is 58.9 Å². The first-order valence-corrected chi connectivity index (χ1v) is 17.5. The molecular formula is C41H40F2N4O5. The van der Waals surface area contributed by atoms with Crippen LogP contribution in [0, 0.1) is 31.1 Å². The number of oxazole rings is 1. The molecule has 1 aromatic heterocycles. The number of aliphatic hydroxyl groups is 1. The van der Waals surface area contributed by atoms with E-state index >= 15 is 0 Å². The Labute approximate surface area is 300 Å². The number of aliphatic carboxylic acids is 1.